The normalized spacial score (nSPS) is 10.0. The lowest BCUT2D eigenvalue weighted by atomic mass is 10.2. The molecule has 0 atom stereocenters. The van der Waals surface area contributed by atoms with Crippen LogP contribution < -0.4 is 10.6 Å². The van der Waals surface area contributed by atoms with Gasteiger partial charge in [0.25, 0.3) is 0 Å². The van der Waals surface area contributed by atoms with Crippen LogP contribution in [0.25, 0.3) is 0 Å². The number of carbonyl (C=O) groups excluding carboxylic acids is 1. The smallest absolute Gasteiger partial charge is 0.323 e. The van der Waals surface area contributed by atoms with Crippen molar-refractivity contribution >= 4 is 29.0 Å². The molecule has 0 unspecified atom stereocenters. The lowest BCUT2D eigenvalue weighted by Crippen LogP contribution is -2.19. The van der Waals surface area contributed by atoms with Gasteiger partial charge < -0.3 is 15.7 Å². The van der Waals surface area contributed by atoms with Crippen molar-refractivity contribution in [3.8, 4) is 5.75 Å². The number of amides is 2. The van der Waals surface area contributed by atoms with Crippen LogP contribution in [0.5, 0.6) is 5.75 Å². The molecule has 0 radical (unpaired) electrons. The van der Waals surface area contributed by atoms with E-state index in [0.29, 0.717) is 22.0 Å². The molecular formula is C14H13ClN2O2. The Bertz CT molecular complexity index is 597. The minimum absolute atomic E-state index is 0.143. The molecular weight excluding hydrogens is 264 g/mol. The van der Waals surface area contributed by atoms with E-state index in [4.69, 9.17) is 11.6 Å². The lowest BCUT2D eigenvalue weighted by molar-refractivity contribution is 0.262. The number of phenols is 1. The summed E-state index contributed by atoms with van der Waals surface area (Å²) < 4.78 is 0. The number of benzene rings is 2. The molecule has 0 spiro atoms. The number of rotatable bonds is 2. The van der Waals surface area contributed by atoms with E-state index in [1.165, 1.54) is 0 Å². The molecule has 98 valence electrons. The van der Waals surface area contributed by atoms with Gasteiger partial charge in [0.15, 0.2) is 0 Å². The van der Waals surface area contributed by atoms with Gasteiger partial charge in [-0.05, 0) is 43.3 Å². The molecule has 5 heteroatoms. The fourth-order valence-electron chi connectivity index (χ4n) is 1.58. The Labute approximate surface area is 116 Å². The molecule has 4 nitrogen and oxygen atoms in total. The predicted octanol–water partition coefficient (Wildman–Crippen LogP) is 4.00. The van der Waals surface area contributed by atoms with Crippen molar-refractivity contribution in [1.82, 2.24) is 0 Å². The fourth-order valence-corrected chi connectivity index (χ4v) is 1.70. The standard InChI is InChI=1S/C14H13ClN2O2/c1-9-12(3-2-4-13(9)18)17-14(19)16-11-7-5-10(15)6-8-11/h2-8,18H,1H3,(H2,16,17,19). The van der Waals surface area contributed by atoms with Crippen molar-refractivity contribution in [2.24, 2.45) is 0 Å². The highest BCUT2D eigenvalue weighted by atomic mass is 35.5. The maximum absolute atomic E-state index is 11.8. The SMILES string of the molecule is Cc1c(O)cccc1NC(=O)Nc1ccc(Cl)cc1. The van der Waals surface area contributed by atoms with Gasteiger partial charge >= 0.3 is 6.03 Å². The summed E-state index contributed by atoms with van der Waals surface area (Å²) >= 11 is 5.76. The molecule has 0 aliphatic heterocycles. The highest BCUT2D eigenvalue weighted by molar-refractivity contribution is 6.30. The molecule has 19 heavy (non-hydrogen) atoms. The minimum Gasteiger partial charge on any atom is -0.508 e. The fraction of sp³-hybridized carbons (Fsp3) is 0.0714. The van der Waals surface area contributed by atoms with E-state index in [-0.39, 0.29) is 11.8 Å². The number of urea groups is 1. The van der Waals surface area contributed by atoms with Crippen molar-refractivity contribution in [2.75, 3.05) is 10.6 Å². The number of anilines is 2. The number of hydrogen-bond donors (Lipinski definition) is 3. The third-order valence-corrected chi connectivity index (χ3v) is 2.91. The minimum atomic E-state index is -0.379. The average Bonchev–Trinajstić information content (AvgIpc) is 2.38. The van der Waals surface area contributed by atoms with Gasteiger partial charge in [0.05, 0.1) is 0 Å². The molecule has 0 fully saturated rings. The molecule has 0 saturated heterocycles. The van der Waals surface area contributed by atoms with Crippen LogP contribution in [0.3, 0.4) is 0 Å². The third kappa shape index (κ3) is 3.39. The van der Waals surface area contributed by atoms with Crippen LogP contribution in [-0.2, 0) is 0 Å². The predicted molar refractivity (Wildman–Crippen MR) is 76.9 cm³/mol. The summed E-state index contributed by atoms with van der Waals surface area (Å²) in [5.74, 6) is 0.143. The summed E-state index contributed by atoms with van der Waals surface area (Å²) in [6.07, 6.45) is 0. The zero-order chi connectivity index (χ0) is 13.8. The van der Waals surface area contributed by atoms with Crippen molar-refractivity contribution in [1.29, 1.82) is 0 Å². The van der Waals surface area contributed by atoms with Crippen LogP contribution >= 0.6 is 11.6 Å². The maximum atomic E-state index is 11.8. The van der Waals surface area contributed by atoms with Crippen LogP contribution in [0.2, 0.25) is 5.02 Å². The molecule has 2 aromatic rings. The molecule has 2 rings (SSSR count). The lowest BCUT2D eigenvalue weighted by Gasteiger charge is -2.10. The summed E-state index contributed by atoms with van der Waals surface area (Å²) in [6.45, 7) is 1.73. The summed E-state index contributed by atoms with van der Waals surface area (Å²) in [6, 6.07) is 11.4. The van der Waals surface area contributed by atoms with Gasteiger partial charge in [0, 0.05) is 22.0 Å². The van der Waals surface area contributed by atoms with Gasteiger partial charge in [-0.15, -0.1) is 0 Å². The van der Waals surface area contributed by atoms with Crippen molar-refractivity contribution in [3.05, 3.63) is 53.1 Å². The first-order valence-corrected chi connectivity index (χ1v) is 6.06. The number of halogens is 1. The molecule has 0 heterocycles. The molecule has 2 aromatic carbocycles. The molecule has 0 aromatic heterocycles. The van der Waals surface area contributed by atoms with Crippen molar-refractivity contribution < 1.29 is 9.90 Å². The van der Waals surface area contributed by atoms with Gasteiger partial charge in [-0.1, -0.05) is 17.7 Å². The van der Waals surface area contributed by atoms with Gasteiger partial charge in [0.1, 0.15) is 5.75 Å². The summed E-state index contributed by atoms with van der Waals surface area (Å²) in [4.78, 5) is 11.8. The molecule has 3 N–H and O–H groups in total. The zero-order valence-electron chi connectivity index (χ0n) is 10.3. The zero-order valence-corrected chi connectivity index (χ0v) is 11.0. The molecule has 0 bridgehead atoms. The van der Waals surface area contributed by atoms with E-state index in [2.05, 4.69) is 10.6 Å². The van der Waals surface area contributed by atoms with Gasteiger partial charge in [-0.2, -0.15) is 0 Å². The van der Waals surface area contributed by atoms with Crippen LogP contribution in [0.1, 0.15) is 5.56 Å². The summed E-state index contributed by atoms with van der Waals surface area (Å²) in [7, 11) is 0. The Morgan fingerprint density at radius 1 is 1.11 bits per heavy atom. The van der Waals surface area contributed by atoms with E-state index in [1.54, 1.807) is 49.4 Å². The van der Waals surface area contributed by atoms with E-state index >= 15 is 0 Å². The topological polar surface area (TPSA) is 61.4 Å². The average molecular weight is 277 g/mol. The van der Waals surface area contributed by atoms with E-state index in [1.807, 2.05) is 0 Å². The number of phenolic OH excluding ortho intramolecular Hbond substituents is 1. The molecule has 0 aliphatic carbocycles. The first kappa shape index (κ1) is 13.2. The maximum Gasteiger partial charge on any atom is 0.323 e. The van der Waals surface area contributed by atoms with E-state index in [9.17, 15) is 9.90 Å². The first-order chi connectivity index (χ1) is 9.06. The molecule has 0 saturated carbocycles. The Hall–Kier alpha value is -2.20. The number of hydrogen-bond acceptors (Lipinski definition) is 2. The third-order valence-electron chi connectivity index (χ3n) is 2.66. The number of nitrogens with one attached hydrogen (secondary N) is 2. The first-order valence-electron chi connectivity index (χ1n) is 5.68. The number of carbonyl (C=O) groups is 1. The van der Waals surface area contributed by atoms with Gasteiger partial charge in [-0.25, -0.2) is 4.79 Å². The van der Waals surface area contributed by atoms with Gasteiger partial charge in [0.2, 0.25) is 0 Å². The summed E-state index contributed by atoms with van der Waals surface area (Å²) in [5, 5.41) is 15.5. The van der Waals surface area contributed by atoms with Crippen molar-refractivity contribution in [3.63, 3.8) is 0 Å². The second kappa shape index (κ2) is 5.63. The monoisotopic (exact) mass is 276 g/mol. The van der Waals surface area contributed by atoms with Crippen molar-refractivity contribution in [2.45, 2.75) is 6.92 Å². The second-order valence-electron chi connectivity index (χ2n) is 4.04. The second-order valence-corrected chi connectivity index (χ2v) is 4.47. The van der Waals surface area contributed by atoms with Crippen LogP contribution in [0.4, 0.5) is 16.2 Å². The largest absolute Gasteiger partial charge is 0.508 e. The summed E-state index contributed by atoms with van der Waals surface area (Å²) in [5.41, 5.74) is 1.82. The Kier molecular flexibility index (Phi) is 3.92. The Morgan fingerprint density at radius 2 is 1.79 bits per heavy atom. The Balaban J connectivity index is 2.05. The molecule has 2 amide bonds. The van der Waals surface area contributed by atoms with E-state index < -0.39 is 0 Å². The number of aromatic hydroxyl groups is 1. The van der Waals surface area contributed by atoms with E-state index in [0.717, 1.165) is 0 Å². The quantitative estimate of drug-likeness (QED) is 0.776. The highest BCUT2D eigenvalue weighted by Gasteiger charge is 2.07. The van der Waals surface area contributed by atoms with Crippen LogP contribution in [0, 0.1) is 6.92 Å². The van der Waals surface area contributed by atoms with Crippen LogP contribution in [-0.4, -0.2) is 11.1 Å². The van der Waals surface area contributed by atoms with Crippen LogP contribution in [0.15, 0.2) is 42.5 Å². The molecule has 0 aliphatic rings. The van der Waals surface area contributed by atoms with Gasteiger partial charge in [-0.3, -0.25) is 0 Å². The highest BCUT2D eigenvalue weighted by Crippen LogP contribution is 2.24. The Morgan fingerprint density at radius 3 is 2.47 bits per heavy atom.